The molecule has 0 fully saturated rings. The molecule has 1 amide bonds. The molecule has 0 aromatic rings. The highest BCUT2D eigenvalue weighted by molar-refractivity contribution is 5.76. The second kappa shape index (κ2) is 41.8. The number of unbranched alkanes of at least 4 members (excludes halogenated alkanes) is 25. The maximum Gasteiger partial charge on any atom is 0.305 e. The molecule has 0 bridgehead atoms. The molecule has 0 aliphatic rings. The molecule has 304 valence electrons. The number of rotatable bonds is 40. The first kappa shape index (κ1) is 50.1. The van der Waals surface area contributed by atoms with Gasteiger partial charge in [-0.05, 0) is 51.4 Å². The lowest BCUT2D eigenvalue weighted by molar-refractivity contribution is -0.143. The molecule has 0 spiro atoms. The second-order valence-electron chi connectivity index (χ2n) is 15.0. The lowest BCUT2D eigenvalue weighted by Gasteiger charge is -2.19. The average Bonchev–Trinajstić information content (AvgIpc) is 3.14. The summed E-state index contributed by atoms with van der Waals surface area (Å²) in [5, 5.41) is 22.8. The lowest BCUT2D eigenvalue weighted by Crippen LogP contribution is -2.45. The zero-order valence-electron chi connectivity index (χ0n) is 34.3. The van der Waals surface area contributed by atoms with Crippen molar-refractivity contribution in [2.75, 3.05) is 13.2 Å². The minimum Gasteiger partial charge on any atom is -0.466 e. The second-order valence-corrected chi connectivity index (χ2v) is 15.0. The van der Waals surface area contributed by atoms with E-state index in [1.165, 1.54) is 135 Å². The van der Waals surface area contributed by atoms with Crippen LogP contribution in [-0.2, 0) is 14.3 Å². The van der Waals surface area contributed by atoms with Crippen LogP contribution in [0.25, 0.3) is 0 Å². The van der Waals surface area contributed by atoms with Crippen molar-refractivity contribution in [1.82, 2.24) is 5.32 Å². The Morgan fingerprint density at radius 3 is 1.50 bits per heavy atom. The highest BCUT2D eigenvalue weighted by Gasteiger charge is 2.17. The van der Waals surface area contributed by atoms with Crippen LogP contribution in [0.5, 0.6) is 0 Å². The van der Waals surface area contributed by atoms with E-state index in [4.69, 9.17) is 4.74 Å². The van der Waals surface area contributed by atoms with E-state index in [9.17, 15) is 19.8 Å². The van der Waals surface area contributed by atoms with Gasteiger partial charge >= 0.3 is 5.97 Å². The Balaban J connectivity index is 3.59. The number of carbonyl (C=O) groups is 2. The fourth-order valence-electron chi connectivity index (χ4n) is 6.44. The van der Waals surface area contributed by atoms with Gasteiger partial charge in [-0.25, -0.2) is 0 Å². The summed E-state index contributed by atoms with van der Waals surface area (Å²) >= 11 is 0. The van der Waals surface area contributed by atoms with Gasteiger partial charge in [0.2, 0.25) is 5.91 Å². The molecule has 0 rings (SSSR count). The third kappa shape index (κ3) is 37.8. The zero-order valence-corrected chi connectivity index (χ0v) is 34.3. The van der Waals surface area contributed by atoms with Crippen LogP contribution < -0.4 is 5.32 Å². The molecule has 0 aliphatic heterocycles. The van der Waals surface area contributed by atoms with Crippen molar-refractivity contribution in [3.63, 3.8) is 0 Å². The maximum atomic E-state index is 12.3. The molecule has 2 unspecified atom stereocenters. The van der Waals surface area contributed by atoms with E-state index in [1.54, 1.807) is 6.08 Å². The van der Waals surface area contributed by atoms with E-state index in [-0.39, 0.29) is 18.5 Å². The molecule has 6 nitrogen and oxygen atoms in total. The summed E-state index contributed by atoms with van der Waals surface area (Å²) in [4.78, 5) is 24.3. The Labute approximate surface area is 322 Å². The third-order valence-corrected chi connectivity index (χ3v) is 9.92. The number of carbonyl (C=O) groups excluding carboxylic acids is 2. The van der Waals surface area contributed by atoms with Crippen molar-refractivity contribution in [2.45, 2.75) is 231 Å². The van der Waals surface area contributed by atoms with Crippen LogP contribution in [0.2, 0.25) is 0 Å². The smallest absolute Gasteiger partial charge is 0.305 e. The van der Waals surface area contributed by atoms with Gasteiger partial charge in [0.1, 0.15) is 0 Å². The van der Waals surface area contributed by atoms with Gasteiger partial charge in [-0.1, -0.05) is 192 Å². The van der Waals surface area contributed by atoms with Gasteiger partial charge in [0.25, 0.3) is 0 Å². The topological polar surface area (TPSA) is 95.9 Å². The monoisotopic (exact) mass is 732 g/mol. The predicted molar refractivity (Wildman–Crippen MR) is 222 cm³/mol. The van der Waals surface area contributed by atoms with E-state index < -0.39 is 12.1 Å². The molecule has 2 atom stereocenters. The number of ether oxygens (including phenoxy) is 1. The van der Waals surface area contributed by atoms with Crippen LogP contribution in [0.15, 0.2) is 36.5 Å². The van der Waals surface area contributed by atoms with Crippen molar-refractivity contribution >= 4 is 11.9 Å². The Kier molecular flexibility index (Phi) is 40.3. The summed E-state index contributed by atoms with van der Waals surface area (Å²) in [5.41, 5.74) is 0. The predicted octanol–water partition coefficient (Wildman–Crippen LogP) is 12.6. The average molecular weight is 732 g/mol. The summed E-state index contributed by atoms with van der Waals surface area (Å²) in [6.45, 7) is 4.79. The number of hydrogen-bond acceptors (Lipinski definition) is 5. The molecule has 6 heteroatoms. The number of allylic oxidation sites excluding steroid dienone is 5. The summed E-state index contributed by atoms with van der Waals surface area (Å²) < 4.78 is 5.43. The van der Waals surface area contributed by atoms with Gasteiger partial charge in [0.05, 0.1) is 25.4 Å². The minimum atomic E-state index is -0.876. The van der Waals surface area contributed by atoms with E-state index in [2.05, 4.69) is 37.4 Å². The molecule has 52 heavy (non-hydrogen) atoms. The molecular formula is C46H85NO5. The Hall–Kier alpha value is -1.92. The number of aliphatic hydroxyl groups is 2. The quantitative estimate of drug-likeness (QED) is 0.0331. The fourth-order valence-corrected chi connectivity index (χ4v) is 6.44. The number of aliphatic hydroxyl groups excluding tert-OH is 2. The molecular weight excluding hydrogens is 647 g/mol. The van der Waals surface area contributed by atoms with E-state index >= 15 is 0 Å². The highest BCUT2D eigenvalue weighted by Crippen LogP contribution is 2.14. The zero-order chi connectivity index (χ0) is 38.0. The van der Waals surface area contributed by atoms with Crippen molar-refractivity contribution in [1.29, 1.82) is 0 Å². The van der Waals surface area contributed by atoms with E-state index in [1.807, 2.05) is 12.2 Å². The fraction of sp³-hybridized carbons (Fsp3) is 0.826. The van der Waals surface area contributed by atoms with Crippen LogP contribution in [-0.4, -0.2) is 47.4 Å². The number of nitrogens with one attached hydrogen (secondary N) is 1. The number of esters is 1. The van der Waals surface area contributed by atoms with Gasteiger partial charge in [-0.2, -0.15) is 0 Å². The van der Waals surface area contributed by atoms with Crippen molar-refractivity contribution < 1.29 is 24.5 Å². The van der Waals surface area contributed by atoms with Crippen molar-refractivity contribution in [2.24, 2.45) is 0 Å². The van der Waals surface area contributed by atoms with E-state index in [0.717, 1.165) is 51.4 Å². The summed E-state index contributed by atoms with van der Waals surface area (Å²) in [5.74, 6) is -0.171. The van der Waals surface area contributed by atoms with Crippen LogP contribution >= 0.6 is 0 Å². The molecule has 0 saturated carbocycles. The first-order valence-electron chi connectivity index (χ1n) is 22.3. The largest absolute Gasteiger partial charge is 0.466 e. The third-order valence-electron chi connectivity index (χ3n) is 9.92. The Bertz CT molecular complexity index is 854. The Morgan fingerprint density at radius 1 is 0.538 bits per heavy atom. The molecule has 0 aromatic carbocycles. The maximum absolute atomic E-state index is 12.3. The Morgan fingerprint density at radius 2 is 0.981 bits per heavy atom. The van der Waals surface area contributed by atoms with Crippen LogP contribution in [0.1, 0.15) is 219 Å². The molecule has 0 aromatic heterocycles. The molecule has 0 radical (unpaired) electrons. The number of amides is 1. The van der Waals surface area contributed by atoms with Gasteiger partial charge in [-0.3, -0.25) is 9.59 Å². The standard InChI is InChI=1S/C46H85NO5/c1-3-5-7-9-11-13-15-20-24-28-32-36-40-46(51)52-41-37-33-29-25-21-18-16-17-19-23-27-31-35-39-45(50)47-43(42-48)44(49)38-34-30-26-22-14-12-10-8-6-4-2/h17,19,27,31,34,38,43-44,48-49H,3-16,18,20-26,28-30,32-33,35-37,39-42H2,1-2H3,(H,47,50)/b19-17-,31-27-,38-34+. The van der Waals surface area contributed by atoms with Gasteiger partial charge < -0.3 is 20.3 Å². The highest BCUT2D eigenvalue weighted by atomic mass is 16.5. The summed E-state index contributed by atoms with van der Waals surface area (Å²) in [7, 11) is 0. The normalized spacial score (nSPS) is 13.1. The molecule has 0 heterocycles. The number of hydrogen-bond donors (Lipinski definition) is 3. The molecule has 0 aliphatic carbocycles. The first-order valence-corrected chi connectivity index (χ1v) is 22.3. The molecule has 3 N–H and O–H groups in total. The summed E-state index contributed by atoms with van der Waals surface area (Å²) in [6.07, 6.45) is 48.6. The van der Waals surface area contributed by atoms with Gasteiger partial charge in [-0.15, -0.1) is 0 Å². The molecule has 0 saturated heterocycles. The summed E-state index contributed by atoms with van der Waals surface area (Å²) in [6, 6.07) is -0.669. The first-order chi connectivity index (χ1) is 25.5. The van der Waals surface area contributed by atoms with Crippen LogP contribution in [0.3, 0.4) is 0 Å². The van der Waals surface area contributed by atoms with E-state index in [0.29, 0.717) is 25.9 Å². The van der Waals surface area contributed by atoms with Gasteiger partial charge in [0.15, 0.2) is 0 Å². The van der Waals surface area contributed by atoms with Crippen molar-refractivity contribution in [3.8, 4) is 0 Å². The van der Waals surface area contributed by atoms with Crippen LogP contribution in [0, 0.1) is 0 Å². The van der Waals surface area contributed by atoms with Crippen molar-refractivity contribution in [3.05, 3.63) is 36.5 Å². The van der Waals surface area contributed by atoms with Gasteiger partial charge in [0, 0.05) is 12.8 Å². The van der Waals surface area contributed by atoms with Crippen LogP contribution in [0.4, 0.5) is 0 Å². The minimum absolute atomic E-state index is 0.0192. The lowest BCUT2D eigenvalue weighted by atomic mass is 10.0. The SMILES string of the molecule is CCCCCCCCCC/C=C/C(O)C(CO)NC(=O)CC/C=C\C/C=C\CCCCCCCCOC(=O)CCCCCCCCCCCCCC.